The normalized spacial score (nSPS) is 29.3. The average Bonchev–Trinajstić information content (AvgIpc) is 2.38. The van der Waals surface area contributed by atoms with E-state index in [-0.39, 0.29) is 5.91 Å². The van der Waals surface area contributed by atoms with Crippen molar-refractivity contribution < 1.29 is 9.53 Å². The first-order chi connectivity index (χ1) is 9.80. The quantitative estimate of drug-likeness (QED) is 0.724. The van der Waals surface area contributed by atoms with Gasteiger partial charge in [-0.3, -0.25) is 4.79 Å². The summed E-state index contributed by atoms with van der Waals surface area (Å²) in [7, 11) is 0. The largest absolute Gasteiger partial charge is 0.378 e. The summed E-state index contributed by atoms with van der Waals surface area (Å²) in [5.41, 5.74) is 4.85. The van der Waals surface area contributed by atoms with Crippen LogP contribution in [-0.4, -0.2) is 30.7 Å². The van der Waals surface area contributed by atoms with E-state index in [0.717, 1.165) is 18.9 Å². The number of nitrogens with one attached hydrogen (secondary N) is 1. The molecule has 0 aromatic heterocycles. The molecule has 0 aromatic rings. The molecular weight excluding hydrogens is 264 g/mol. The lowest BCUT2D eigenvalue weighted by Gasteiger charge is -2.38. The molecule has 0 heterocycles. The van der Waals surface area contributed by atoms with E-state index in [1.54, 1.807) is 0 Å². The van der Waals surface area contributed by atoms with Crippen LogP contribution in [0.2, 0.25) is 0 Å². The number of carbonyl (C=O) groups is 1. The van der Waals surface area contributed by atoms with Crippen LogP contribution < -0.4 is 11.1 Å². The molecule has 4 atom stereocenters. The average molecular weight is 298 g/mol. The Hall–Kier alpha value is -0.610. The van der Waals surface area contributed by atoms with Crippen LogP contribution in [0.1, 0.15) is 60.3 Å². The van der Waals surface area contributed by atoms with Crippen LogP contribution in [0.15, 0.2) is 0 Å². The van der Waals surface area contributed by atoms with Gasteiger partial charge in [0.15, 0.2) is 0 Å². The molecule has 0 aromatic carbocycles. The second kappa shape index (κ2) is 8.14. The summed E-state index contributed by atoms with van der Waals surface area (Å²) in [6, 6.07) is 0. The summed E-state index contributed by atoms with van der Waals surface area (Å²) < 4.78 is 6.17. The van der Waals surface area contributed by atoms with E-state index in [1.165, 1.54) is 12.8 Å². The van der Waals surface area contributed by atoms with Gasteiger partial charge in [0.1, 0.15) is 0 Å². The lowest BCUT2D eigenvalue weighted by molar-refractivity contribution is -0.125. The number of hydrogen-bond acceptors (Lipinski definition) is 3. The molecule has 4 nitrogen and oxygen atoms in total. The van der Waals surface area contributed by atoms with Gasteiger partial charge in [-0.1, -0.05) is 34.1 Å². The van der Waals surface area contributed by atoms with E-state index in [1.807, 2.05) is 13.8 Å². The number of ether oxygens (including phenoxy) is 1. The molecule has 1 rings (SSSR count). The van der Waals surface area contributed by atoms with Gasteiger partial charge < -0.3 is 15.8 Å². The zero-order chi connectivity index (χ0) is 16.0. The molecule has 0 radical (unpaired) electrons. The van der Waals surface area contributed by atoms with Gasteiger partial charge in [0.25, 0.3) is 0 Å². The Morgan fingerprint density at radius 2 is 2.10 bits per heavy atom. The highest BCUT2D eigenvalue weighted by Crippen LogP contribution is 2.35. The molecule has 0 saturated heterocycles. The Morgan fingerprint density at radius 3 is 2.62 bits per heavy atom. The van der Waals surface area contributed by atoms with Gasteiger partial charge in [0.2, 0.25) is 5.91 Å². The van der Waals surface area contributed by atoms with Crippen LogP contribution in [0.4, 0.5) is 0 Å². The second-order valence-electron chi connectivity index (χ2n) is 7.21. The highest BCUT2D eigenvalue weighted by Gasteiger charge is 2.33. The monoisotopic (exact) mass is 298 g/mol. The Labute approximate surface area is 130 Å². The van der Waals surface area contributed by atoms with Crippen molar-refractivity contribution in [1.82, 2.24) is 5.32 Å². The highest BCUT2D eigenvalue weighted by atomic mass is 16.5. The van der Waals surface area contributed by atoms with Gasteiger partial charge in [0, 0.05) is 6.61 Å². The van der Waals surface area contributed by atoms with E-state index in [0.29, 0.717) is 31.0 Å². The van der Waals surface area contributed by atoms with Crippen molar-refractivity contribution in [1.29, 1.82) is 0 Å². The summed E-state index contributed by atoms with van der Waals surface area (Å²) in [5.74, 6) is 1.73. The zero-order valence-corrected chi connectivity index (χ0v) is 14.4. The molecule has 0 aliphatic heterocycles. The highest BCUT2D eigenvalue weighted by molar-refractivity contribution is 5.84. The van der Waals surface area contributed by atoms with Crippen LogP contribution in [0.5, 0.6) is 0 Å². The predicted octanol–water partition coefficient (Wildman–Crippen LogP) is 2.71. The molecule has 3 N–H and O–H groups in total. The maximum Gasteiger partial charge on any atom is 0.237 e. The smallest absolute Gasteiger partial charge is 0.237 e. The van der Waals surface area contributed by atoms with Gasteiger partial charge in [-0.2, -0.15) is 0 Å². The van der Waals surface area contributed by atoms with Crippen molar-refractivity contribution in [2.75, 3.05) is 13.2 Å². The topological polar surface area (TPSA) is 64.3 Å². The van der Waals surface area contributed by atoms with Crippen molar-refractivity contribution in [2.45, 2.75) is 71.9 Å². The van der Waals surface area contributed by atoms with Crippen LogP contribution in [0.25, 0.3) is 0 Å². The number of rotatable bonds is 8. The van der Waals surface area contributed by atoms with E-state index >= 15 is 0 Å². The predicted molar refractivity (Wildman–Crippen MR) is 87.0 cm³/mol. The number of amides is 1. The molecule has 1 aliphatic carbocycles. The molecule has 0 bridgehead atoms. The minimum Gasteiger partial charge on any atom is -0.378 e. The Morgan fingerprint density at radius 1 is 1.43 bits per heavy atom. The van der Waals surface area contributed by atoms with Crippen LogP contribution in [-0.2, 0) is 9.53 Å². The molecule has 1 fully saturated rings. The fraction of sp³-hybridized carbons (Fsp3) is 0.941. The zero-order valence-electron chi connectivity index (χ0n) is 14.4. The Kier molecular flexibility index (Phi) is 7.14. The fourth-order valence-corrected chi connectivity index (χ4v) is 3.41. The third-order valence-electron chi connectivity index (χ3n) is 5.01. The van der Waals surface area contributed by atoms with Gasteiger partial charge >= 0.3 is 0 Å². The number of nitrogens with two attached hydrogens (primary N) is 1. The van der Waals surface area contributed by atoms with Gasteiger partial charge in [0.05, 0.1) is 11.6 Å². The van der Waals surface area contributed by atoms with Crippen molar-refractivity contribution in [3.63, 3.8) is 0 Å². The summed E-state index contributed by atoms with van der Waals surface area (Å²) >= 11 is 0. The van der Waals surface area contributed by atoms with Crippen molar-refractivity contribution in [3.05, 3.63) is 0 Å². The maximum absolute atomic E-state index is 11.6. The first-order valence-electron chi connectivity index (χ1n) is 8.46. The van der Waals surface area contributed by atoms with E-state index in [4.69, 9.17) is 10.5 Å². The van der Waals surface area contributed by atoms with Crippen LogP contribution in [0.3, 0.4) is 0 Å². The van der Waals surface area contributed by atoms with Gasteiger partial charge in [-0.25, -0.2) is 0 Å². The number of hydrogen-bond donors (Lipinski definition) is 2. The molecular formula is C17H34N2O2. The minimum absolute atomic E-state index is 0.301. The standard InChI is InChI=1S/C17H34N2O2/c1-6-19-17(5,16(18)20)9-10-21-15-11-13(4)7-8-14(15)12(2)3/h12-15,19H,6-11H2,1-5H3,(H2,18,20). The van der Waals surface area contributed by atoms with E-state index in [9.17, 15) is 4.79 Å². The van der Waals surface area contributed by atoms with Crippen molar-refractivity contribution in [3.8, 4) is 0 Å². The van der Waals surface area contributed by atoms with E-state index < -0.39 is 5.54 Å². The second-order valence-corrected chi connectivity index (χ2v) is 7.21. The molecule has 4 heteroatoms. The fourth-order valence-electron chi connectivity index (χ4n) is 3.41. The number of likely N-dealkylation sites (N-methyl/N-ethyl adjacent to an activating group) is 1. The first-order valence-corrected chi connectivity index (χ1v) is 8.46. The van der Waals surface area contributed by atoms with E-state index in [2.05, 4.69) is 26.1 Å². The number of carbonyl (C=O) groups excluding carboxylic acids is 1. The van der Waals surface area contributed by atoms with Gasteiger partial charge in [-0.05, 0) is 50.5 Å². The molecule has 124 valence electrons. The molecule has 21 heavy (non-hydrogen) atoms. The lowest BCUT2D eigenvalue weighted by atomic mass is 9.75. The molecule has 4 unspecified atom stereocenters. The number of primary amides is 1. The van der Waals surface area contributed by atoms with Crippen molar-refractivity contribution in [2.24, 2.45) is 23.5 Å². The minimum atomic E-state index is -0.664. The summed E-state index contributed by atoms with van der Waals surface area (Å²) in [6.45, 7) is 12.0. The molecule has 0 spiro atoms. The molecule has 1 saturated carbocycles. The first kappa shape index (κ1) is 18.4. The maximum atomic E-state index is 11.6. The molecule has 1 amide bonds. The summed E-state index contributed by atoms with van der Waals surface area (Å²) in [6.07, 6.45) is 4.65. The van der Waals surface area contributed by atoms with Gasteiger partial charge in [-0.15, -0.1) is 0 Å². The molecule has 1 aliphatic rings. The summed E-state index contributed by atoms with van der Waals surface area (Å²) in [4.78, 5) is 11.6. The lowest BCUT2D eigenvalue weighted by Crippen LogP contribution is -2.53. The third kappa shape index (κ3) is 5.26. The van der Waals surface area contributed by atoms with Crippen molar-refractivity contribution >= 4 is 5.91 Å². The SMILES string of the molecule is CCNC(C)(CCOC1CC(C)CCC1C(C)C)C(N)=O. The summed E-state index contributed by atoms with van der Waals surface area (Å²) in [5, 5.41) is 3.18. The third-order valence-corrected chi connectivity index (χ3v) is 5.01. The Balaban J connectivity index is 2.53. The Bertz CT molecular complexity index is 333. The van der Waals surface area contributed by atoms with Crippen LogP contribution in [0, 0.1) is 17.8 Å². The van der Waals surface area contributed by atoms with Crippen LogP contribution >= 0.6 is 0 Å².